The molecule has 0 aliphatic rings. The number of halogens is 1. The first-order chi connectivity index (χ1) is 10.5. The highest BCUT2D eigenvalue weighted by Gasteiger charge is 2.18. The normalized spacial score (nSPS) is 11.8. The molecule has 3 nitrogen and oxygen atoms in total. The molecule has 2 aromatic rings. The summed E-state index contributed by atoms with van der Waals surface area (Å²) in [6.07, 6.45) is 0.0420. The quantitative estimate of drug-likeness (QED) is 0.864. The Bertz CT molecular complexity index is 670. The van der Waals surface area contributed by atoms with E-state index in [-0.39, 0.29) is 5.91 Å². The smallest absolute Gasteiger partial charge is 0.265 e. The Balaban J connectivity index is 2.07. The van der Waals surface area contributed by atoms with Crippen LogP contribution in [0, 0.1) is 13.8 Å². The summed E-state index contributed by atoms with van der Waals surface area (Å²) >= 11 is 6.00. The molecule has 1 unspecified atom stereocenters. The van der Waals surface area contributed by atoms with Crippen LogP contribution in [0.4, 0.5) is 5.69 Å². The SMILES string of the molecule is CCC(Oc1ccc(Cl)c(C)c1)C(=O)Nc1cccc(C)c1. The summed E-state index contributed by atoms with van der Waals surface area (Å²) in [6, 6.07) is 13.1. The van der Waals surface area contributed by atoms with Gasteiger partial charge in [0.15, 0.2) is 6.10 Å². The third kappa shape index (κ3) is 4.25. The lowest BCUT2D eigenvalue weighted by Crippen LogP contribution is -2.32. The highest BCUT2D eigenvalue weighted by Crippen LogP contribution is 2.22. The summed E-state index contributed by atoms with van der Waals surface area (Å²) in [4.78, 5) is 12.3. The van der Waals surface area contributed by atoms with Crippen LogP contribution in [0.5, 0.6) is 5.75 Å². The Morgan fingerprint density at radius 3 is 2.64 bits per heavy atom. The molecule has 0 spiro atoms. The van der Waals surface area contributed by atoms with E-state index in [1.54, 1.807) is 12.1 Å². The molecule has 0 radical (unpaired) electrons. The number of aryl methyl sites for hydroxylation is 2. The Morgan fingerprint density at radius 1 is 1.23 bits per heavy atom. The van der Waals surface area contributed by atoms with Crippen LogP contribution in [0.2, 0.25) is 5.02 Å². The maximum Gasteiger partial charge on any atom is 0.265 e. The van der Waals surface area contributed by atoms with Crippen LogP contribution in [0.25, 0.3) is 0 Å². The van der Waals surface area contributed by atoms with Crippen molar-refractivity contribution in [1.82, 2.24) is 0 Å². The second-order valence-electron chi connectivity index (χ2n) is 5.28. The van der Waals surface area contributed by atoms with E-state index in [2.05, 4.69) is 5.32 Å². The first-order valence-electron chi connectivity index (χ1n) is 7.30. The lowest BCUT2D eigenvalue weighted by atomic mass is 10.2. The van der Waals surface area contributed by atoms with E-state index < -0.39 is 6.10 Å². The van der Waals surface area contributed by atoms with E-state index >= 15 is 0 Å². The zero-order valence-corrected chi connectivity index (χ0v) is 13.8. The first kappa shape index (κ1) is 16.4. The fourth-order valence-electron chi connectivity index (χ4n) is 2.12. The molecule has 1 amide bonds. The molecule has 2 aromatic carbocycles. The second-order valence-corrected chi connectivity index (χ2v) is 5.69. The van der Waals surface area contributed by atoms with Gasteiger partial charge in [0.1, 0.15) is 5.75 Å². The third-order valence-electron chi connectivity index (χ3n) is 3.36. The Labute approximate surface area is 136 Å². The minimum absolute atomic E-state index is 0.152. The van der Waals surface area contributed by atoms with Crippen molar-refractivity contribution in [2.75, 3.05) is 5.32 Å². The molecule has 0 aliphatic heterocycles. The molecular weight excluding hydrogens is 298 g/mol. The minimum Gasteiger partial charge on any atom is -0.481 e. The fraction of sp³-hybridized carbons (Fsp3) is 0.278. The van der Waals surface area contributed by atoms with Gasteiger partial charge in [-0.05, 0) is 61.7 Å². The standard InChI is InChI=1S/C18H20ClNO2/c1-4-17(22-15-8-9-16(19)13(3)11-15)18(21)20-14-7-5-6-12(2)10-14/h5-11,17H,4H2,1-3H3,(H,20,21). The van der Waals surface area contributed by atoms with Gasteiger partial charge in [-0.2, -0.15) is 0 Å². The Kier molecular flexibility index (Phi) is 5.45. The fourth-order valence-corrected chi connectivity index (χ4v) is 2.24. The number of carbonyl (C=O) groups excluding carboxylic acids is 1. The van der Waals surface area contributed by atoms with Gasteiger partial charge < -0.3 is 10.1 Å². The molecule has 0 heterocycles. The van der Waals surface area contributed by atoms with Crippen molar-refractivity contribution in [2.45, 2.75) is 33.3 Å². The zero-order chi connectivity index (χ0) is 16.1. The lowest BCUT2D eigenvalue weighted by molar-refractivity contribution is -0.122. The monoisotopic (exact) mass is 317 g/mol. The van der Waals surface area contributed by atoms with Crippen molar-refractivity contribution in [3.63, 3.8) is 0 Å². The number of carbonyl (C=O) groups is 1. The molecule has 2 rings (SSSR count). The molecule has 22 heavy (non-hydrogen) atoms. The van der Waals surface area contributed by atoms with Crippen molar-refractivity contribution in [3.05, 3.63) is 58.6 Å². The van der Waals surface area contributed by atoms with Crippen LogP contribution in [0.1, 0.15) is 24.5 Å². The Morgan fingerprint density at radius 2 is 2.00 bits per heavy atom. The number of rotatable bonds is 5. The van der Waals surface area contributed by atoms with Crippen LogP contribution < -0.4 is 10.1 Å². The molecule has 1 atom stereocenters. The maximum atomic E-state index is 12.3. The van der Waals surface area contributed by atoms with Crippen molar-refractivity contribution >= 4 is 23.2 Å². The number of benzene rings is 2. The van der Waals surface area contributed by atoms with Crippen molar-refractivity contribution in [1.29, 1.82) is 0 Å². The number of hydrogen-bond acceptors (Lipinski definition) is 2. The molecule has 0 aliphatic carbocycles. The van der Waals surface area contributed by atoms with Crippen molar-refractivity contribution < 1.29 is 9.53 Å². The Hall–Kier alpha value is -2.00. The van der Waals surface area contributed by atoms with Gasteiger partial charge in [0.25, 0.3) is 5.91 Å². The van der Waals surface area contributed by atoms with Gasteiger partial charge in [-0.1, -0.05) is 30.7 Å². The zero-order valence-electron chi connectivity index (χ0n) is 13.0. The molecule has 0 saturated carbocycles. The highest BCUT2D eigenvalue weighted by atomic mass is 35.5. The van der Waals surface area contributed by atoms with Gasteiger partial charge in [0.05, 0.1) is 0 Å². The summed E-state index contributed by atoms with van der Waals surface area (Å²) in [7, 11) is 0. The molecule has 1 N–H and O–H groups in total. The largest absolute Gasteiger partial charge is 0.481 e. The van der Waals surface area contributed by atoms with E-state index in [4.69, 9.17) is 16.3 Å². The maximum absolute atomic E-state index is 12.3. The van der Waals surface area contributed by atoms with Crippen molar-refractivity contribution in [3.8, 4) is 5.75 Å². The van der Waals surface area contributed by atoms with Gasteiger partial charge in [0, 0.05) is 10.7 Å². The van der Waals surface area contributed by atoms with E-state index in [1.165, 1.54) is 0 Å². The summed E-state index contributed by atoms with van der Waals surface area (Å²) in [6.45, 7) is 5.81. The molecular formula is C18H20ClNO2. The number of ether oxygens (including phenoxy) is 1. The number of amides is 1. The van der Waals surface area contributed by atoms with E-state index in [1.807, 2.05) is 51.1 Å². The van der Waals surface area contributed by atoms with Gasteiger partial charge in [-0.3, -0.25) is 4.79 Å². The lowest BCUT2D eigenvalue weighted by Gasteiger charge is -2.18. The third-order valence-corrected chi connectivity index (χ3v) is 3.78. The van der Waals surface area contributed by atoms with Crippen LogP contribution in [-0.2, 0) is 4.79 Å². The van der Waals surface area contributed by atoms with Crippen LogP contribution in [0.15, 0.2) is 42.5 Å². The van der Waals surface area contributed by atoms with Crippen LogP contribution in [0.3, 0.4) is 0 Å². The molecule has 0 bridgehead atoms. The van der Waals surface area contributed by atoms with Gasteiger partial charge in [0.2, 0.25) is 0 Å². The number of nitrogens with one attached hydrogen (secondary N) is 1. The first-order valence-corrected chi connectivity index (χ1v) is 7.67. The van der Waals surface area contributed by atoms with E-state index in [9.17, 15) is 4.79 Å². The summed E-state index contributed by atoms with van der Waals surface area (Å²) in [5, 5.41) is 3.57. The molecule has 0 saturated heterocycles. The van der Waals surface area contributed by atoms with Gasteiger partial charge in [-0.15, -0.1) is 0 Å². The summed E-state index contributed by atoms with van der Waals surface area (Å²) in [5.74, 6) is 0.494. The van der Waals surface area contributed by atoms with Gasteiger partial charge in [-0.25, -0.2) is 0 Å². The predicted molar refractivity (Wildman–Crippen MR) is 90.7 cm³/mol. The minimum atomic E-state index is -0.541. The van der Waals surface area contributed by atoms with E-state index in [0.717, 1.165) is 16.8 Å². The average molecular weight is 318 g/mol. The number of anilines is 1. The molecule has 4 heteroatoms. The summed E-state index contributed by atoms with van der Waals surface area (Å²) in [5.41, 5.74) is 2.80. The van der Waals surface area contributed by atoms with Crippen LogP contribution >= 0.6 is 11.6 Å². The predicted octanol–water partition coefficient (Wildman–Crippen LogP) is 4.75. The average Bonchev–Trinajstić information content (AvgIpc) is 2.48. The molecule has 116 valence electrons. The highest BCUT2D eigenvalue weighted by molar-refractivity contribution is 6.31. The molecule has 0 fully saturated rings. The molecule has 0 aromatic heterocycles. The van der Waals surface area contributed by atoms with E-state index in [0.29, 0.717) is 17.2 Å². The summed E-state index contributed by atoms with van der Waals surface area (Å²) < 4.78 is 5.79. The number of hydrogen-bond donors (Lipinski definition) is 1. The topological polar surface area (TPSA) is 38.3 Å². The van der Waals surface area contributed by atoms with Gasteiger partial charge >= 0.3 is 0 Å². The van der Waals surface area contributed by atoms with Crippen LogP contribution in [-0.4, -0.2) is 12.0 Å². The van der Waals surface area contributed by atoms with Crippen molar-refractivity contribution in [2.24, 2.45) is 0 Å². The second kappa shape index (κ2) is 7.32.